The van der Waals surface area contributed by atoms with Crippen LogP contribution in [0.3, 0.4) is 0 Å². The Morgan fingerprint density at radius 2 is 1.59 bits per heavy atom. The van der Waals surface area contributed by atoms with Crippen molar-refractivity contribution in [1.82, 2.24) is 0 Å². The molecular formula is C14H15BOP. The van der Waals surface area contributed by atoms with Crippen molar-refractivity contribution in [2.75, 3.05) is 13.8 Å². The first-order chi connectivity index (χ1) is 8.14. The zero-order valence-electron chi connectivity index (χ0n) is 10.1. The Morgan fingerprint density at radius 3 is 2.24 bits per heavy atom. The second-order valence-electron chi connectivity index (χ2n) is 4.11. The summed E-state index contributed by atoms with van der Waals surface area (Å²) < 4.78 is 5.25. The summed E-state index contributed by atoms with van der Waals surface area (Å²) in [6, 6.07) is 18.3. The zero-order chi connectivity index (χ0) is 12.3. The molecule has 0 saturated heterocycles. The summed E-state index contributed by atoms with van der Waals surface area (Å²) in [5.74, 6) is 0.857. The number of methoxy groups -OCH3 is 1. The molecule has 0 aromatic heterocycles. The lowest BCUT2D eigenvalue weighted by atomic mass is 10.3. The van der Waals surface area contributed by atoms with Gasteiger partial charge in [-0.3, -0.25) is 7.57 Å². The lowest BCUT2D eigenvalue weighted by Crippen LogP contribution is -2.21. The summed E-state index contributed by atoms with van der Waals surface area (Å²) in [7, 11) is 6.45. The highest BCUT2D eigenvalue weighted by molar-refractivity contribution is 8.08. The smallest absolute Gasteiger partial charge is 0.122 e. The second kappa shape index (κ2) is 4.93. The lowest BCUT2D eigenvalue weighted by molar-refractivity contribution is 0.415. The van der Waals surface area contributed by atoms with Crippen LogP contribution in [0.15, 0.2) is 54.6 Å². The second-order valence-corrected chi connectivity index (χ2v) is 7.30. The highest BCUT2D eigenvalue weighted by Gasteiger charge is 2.18. The van der Waals surface area contributed by atoms with Crippen LogP contribution < -0.4 is 15.3 Å². The Kier molecular flexibility index (Phi) is 3.54. The number of hydrogen-bond donors (Lipinski definition) is 0. The minimum Gasteiger partial charge on any atom is -0.497 e. The maximum absolute atomic E-state index is 6.54. The van der Waals surface area contributed by atoms with Crippen molar-refractivity contribution in [2.45, 2.75) is 0 Å². The van der Waals surface area contributed by atoms with Gasteiger partial charge >= 0.3 is 0 Å². The Balaban J connectivity index is 2.44. The molecule has 2 aromatic carbocycles. The fraction of sp³-hybridized carbons (Fsp3) is 0.143. The van der Waals surface area contributed by atoms with Gasteiger partial charge in [-0.1, -0.05) is 24.3 Å². The van der Waals surface area contributed by atoms with E-state index >= 15 is 0 Å². The van der Waals surface area contributed by atoms with Gasteiger partial charge in [0.2, 0.25) is 0 Å². The standard InChI is InChI=1S/C14H15BOP/c1-16-12-7-6-10-14(11-12)17(2,15)13-8-4-3-5-9-13/h3-11H,1-2H3. The first kappa shape index (κ1) is 12.2. The number of hydrogen-bond acceptors (Lipinski definition) is 1. The SMILES string of the molecule is [B-][P+](C)(c1ccccc1)c1cccc(OC)c1. The molecule has 0 aliphatic rings. The van der Waals surface area contributed by atoms with Crippen LogP contribution in [0, 0.1) is 0 Å². The minimum atomic E-state index is -1.77. The van der Waals surface area contributed by atoms with Crippen LogP contribution in [0.4, 0.5) is 0 Å². The normalized spacial score (nSPS) is 14.1. The van der Waals surface area contributed by atoms with Gasteiger partial charge in [0.1, 0.15) is 5.75 Å². The van der Waals surface area contributed by atoms with E-state index in [2.05, 4.69) is 24.9 Å². The third kappa shape index (κ3) is 2.53. The highest BCUT2D eigenvalue weighted by Crippen LogP contribution is 2.47. The average molecular weight is 241 g/mol. The average Bonchev–Trinajstić information content (AvgIpc) is 2.40. The molecule has 17 heavy (non-hydrogen) atoms. The van der Waals surface area contributed by atoms with Crippen molar-refractivity contribution in [1.29, 1.82) is 0 Å². The summed E-state index contributed by atoms with van der Waals surface area (Å²) in [5.41, 5.74) is 0. The number of benzene rings is 2. The van der Waals surface area contributed by atoms with Crippen molar-refractivity contribution in [3.05, 3.63) is 54.6 Å². The lowest BCUT2D eigenvalue weighted by Gasteiger charge is -2.32. The zero-order valence-corrected chi connectivity index (χ0v) is 11.0. The van der Waals surface area contributed by atoms with E-state index in [0.717, 1.165) is 11.1 Å². The van der Waals surface area contributed by atoms with Crippen molar-refractivity contribution in [3.63, 3.8) is 0 Å². The molecule has 0 fully saturated rings. The van der Waals surface area contributed by atoms with E-state index in [1.165, 1.54) is 5.30 Å². The summed E-state index contributed by atoms with van der Waals surface area (Å²) in [4.78, 5) is 0. The summed E-state index contributed by atoms with van der Waals surface area (Å²) in [6.45, 7) is 2.12. The van der Waals surface area contributed by atoms with E-state index in [9.17, 15) is 0 Å². The van der Waals surface area contributed by atoms with Gasteiger partial charge in [-0.2, -0.15) is 7.14 Å². The van der Waals surface area contributed by atoms with Gasteiger partial charge in [-0.05, 0) is 24.3 Å². The molecule has 0 spiro atoms. The number of ether oxygens (including phenoxy) is 1. The summed E-state index contributed by atoms with van der Waals surface area (Å²) in [5, 5.41) is 2.36. The molecule has 0 aliphatic carbocycles. The van der Waals surface area contributed by atoms with E-state index in [-0.39, 0.29) is 0 Å². The van der Waals surface area contributed by atoms with Gasteiger partial charge in [-0.15, -0.1) is 0 Å². The minimum absolute atomic E-state index is 0.857. The Labute approximate surface area is 105 Å². The van der Waals surface area contributed by atoms with Gasteiger partial charge in [0.05, 0.1) is 12.4 Å². The van der Waals surface area contributed by atoms with E-state index in [0.29, 0.717) is 0 Å². The Hall–Kier alpha value is -1.27. The van der Waals surface area contributed by atoms with Gasteiger partial charge in [0.25, 0.3) is 0 Å². The topological polar surface area (TPSA) is 9.23 Å². The molecule has 0 heterocycles. The monoisotopic (exact) mass is 241 g/mol. The molecule has 1 unspecified atom stereocenters. The predicted octanol–water partition coefficient (Wildman–Crippen LogP) is 2.38. The van der Waals surface area contributed by atoms with Crippen LogP contribution in [0.1, 0.15) is 0 Å². The molecule has 0 aliphatic heterocycles. The van der Waals surface area contributed by atoms with Crippen molar-refractivity contribution >= 4 is 25.3 Å². The number of rotatable bonds is 3. The molecular weight excluding hydrogens is 226 g/mol. The van der Waals surface area contributed by atoms with Crippen LogP contribution in [0.2, 0.25) is 0 Å². The highest BCUT2D eigenvalue weighted by atomic mass is 31.2. The molecule has 1 nitrogen and oxygen atoms in total. The van der Waals surface area contributed by atoms with Crippen LogP contribution in [0.5, 0.6) is 5.75 Å². The van der Waals surface area contributed by atoms with E-state index in [4.69, 9.17) is 12.3 Å². The van der Waals surface area contributed by atoms with Crippen molar-refractivity contribution in [3.8, 4) is 5.75 Å². The van der Waals surface area contributed by atoms with Gasteiger partial charge in [0, 0.05) is 18.0 Å². The summed E-state index contributed by atoms with van der Waals surface area (Å²) >= 11 is 0. The molecule has 0 bridgehead atoms. The van der Waals surface area contributed by atoms with E-state index in [1.54, 1.807) is 7.11 Å². The van der Waals surface area contributed by atoms with Gasteiger partial charge < -0.3 is 4.74 Å². The molecule has 0 amide bonds. The van der Waals surface area contributed by atoms with Crippen LogP contribution in [-0.4, -0.2) is 21.3 Å². The van der Waals surface area contributed by atoms with Crippen LogP contribution in [0.25, 0.3) is 0 Å². The molecule has 2 aromatic rings. The van der Waals surface area contributed by atoms with Gasteiger partial charge in [0.15, 0.2) is 0 Å². The predicted molar refractivity (Wildman–Crippen MR) is 77.3 cm³/mol. The van der Waals surface area contributed by atoms with Crippen LogP contribution in [-0.2, 0) is 0 Å². The maximum Gasteiger partial charge on any atom is 0.122 e. The Morgan fingerprint density at radius 1 is 0.941 bits per heavy atom. The maximum atomic E-state index is 6.54. The van der Waals surface area contributed by atoms with E-state index in [1.807, 2.05) is 36.4 Å². The van der Waals surface area contributed by atoms with Crippen molar-refractivity contribution in [2.24, 2.45) is 0 Å². The Bertz CT molecular complexity index is 497. The van der Waals surface area contributed by atoms with Crippen molar-refractivity contribution < 1.29 is 4.74 Å². The first-order valence-electron chi connectivity index (χ1n) is 5.50. The largest absolute Gasteiger partial charge is 0.497 e. The quantitative estimate of drug-likeness (QED) is 0.592. The molecule has 2 rings (SSSR count). The molecule has 3 radical (unpaired) electrons. The molecule has 0 saturated carbocycles. The summed E-state index contributed by atoms with van der Waals surface area (Å²) in [6.07, 6.45) is 0. The fourth-order valence-corrected chi connectivity index (χ4v) is 3.67. The van der Waals surface area contributed by atoms with E-state index < -0.39 is 7.14 Å². The fourth-order valence-electron chi connectivity index (χ4n) is 1.79. The third-order valence-electron chi connectivity index (χ3n) is 2.88. The molecule has 3 heteroatoms. The van der Waals surface area contributed by atoms with Crippen LogP contribution >= 0.6 is 7.14 Å². The third-order valence-corrected chi connectivity index (χ3v) is 5.60. The molecule has 85 valence electrons. The first-order valence-corrected chi connectivity index (χ1v) is 7.80. The van der Waals surface area contributed by atoms with Gasteiger partial charge in [-0.25, -0.2) is 0 Å². The molecule has 1 atom stereocenters. The molecule has 0 N–H and O–H groups in total.